The highest BCUT2D eigenvalue weighted by Gasteiger charge is 2.07. The maximum Gasteiger partial charge on any atom is 0.123 e. The van der Waals surface area contributed by atoms with Crippen molar-refractivity contribution >= 4 is 0 Å². The van der Waals surface area contributed by atoms with Gasteiger partial charge in [-0.3, -0.25) is 10.3 Å². The van der Waals surface area contributed by atoms with Crippen LogP contribution in [0, 0.1) is 5.82 Å². The Morgan fingerprint density at radius 1 is 0.958 bits per heavy atom. The summed E-state index contributed by atoms with van der Waals surface area (Å²) in [5.74, 6) is -0.276. The van der Waals surface area contributed by atoms with Gasteiger partial charge in [0.1, 0.15) is 12.0 Å². The fraction of sp³-hybridized carbons (Fsp3) is 0.150. The molecule has 1 atom stereocenters. The van der Waals surface area contributed by atoms with Gasteiger partial charge in [-0.15, -0.1) is 0 Å². The predicted molar refractivity (Wildman–Crippen MR) is 92.6 cm³/mol. The molecule has 3 nitrogen and oxygen atoms in total. The molecule has 0 amide bonds. The van der Waals surface area contributed by atoms with E-state index < -0.39 is 6.23 Å². The average Bonchev–Trinajstić information content (AvgIpc) is 2.61. The van der Waals surface area contributed by atoms with Crippen LogP contribution in [-0.2, 0) is 13.0 Å². The van der Waals surface area contributed by atoms with Crippen molar-refractivity contribution < 1.29 is 9.50 Å². The predicted octanol–water partition coefficient (Wildman–Crippen LogP) is 3.54. The minimum atomic E-state index is -0.733. The third-order valence-corrected chi connectivity index (χ3v) is 3.77. The van der Waals surface area contributed by atoms with E-state index in [1.807, 2.05) is 54.7 Å². The Kier molecular flexibility index (Phi) is 5.31. The standard InChI is InChI=1S/C20H19FN2O/c21-18-8-4-5-15(11-18)13-23-20(24)12-19-10-9-17(14-22-19)16-6-2-1-3-7-16/h1-11,14,20,23-24H,12-13H2. The van der Waals surface area contributed by atoms with Crippen molar-refractivity contribution in [3.05, 3.63) is 90.0 Å². The van der Waals surface area contributed by atoms with Crippen molar-refractivity contribution in [3.8, 4) is 11.1 Å². The topological polar surface area (TPSA) is 45.2 Å². The van der Waals surface area contributed by atoms with Gasteiger partial charge in [0.2, 0.25) is 0 Å². The molecule has 0 saturated heterocycles. The van der Waals surface area contributed by atoms with Crippen molar-refractivity contribution in [3.63, 3.8) is 0 Å². The van der Waals surface area contributed by atoms with Crippen molar-refractivity contribution in [1.29, 1.82) is 0 Å². The Hall–Kier alpha value is -2.56. The lowest BCUT2D eigenvalue weighted by Crippen LogP contribution is -2.30. The summed E-state index contributed by atoms with van der Waals surface area (Å²) >= 11 is 0. The van der Waals surface area contributed by atoms with Crippen molar-refractivity contribution in [2.24, 2.45) is 0 Å². The summed E-state index contributed by atoms with van der Waals surface area (Å²) in [5.41, 5.74) is 3.75. The van der Waals surface area contributed by atoms with E-state index in [9.17, 15) is 9.50 Å². The number of hydrogen-bond acceptors (Lipinski definition) is 3. The van der Waals surface area contributed by atoms with Gasteiger partial charge < -0.3 is 5.11 Å². The van der Waals surface area contributed by atoms with Crippen LogP contribution in [0.1, 0.15) is 11.3 Å². The molecule has 1 unspecified atom stereocenters. The van der Waals surface area contributed by atoms with Gasteiger partial charge in [-0.2, -0.15) is 0 Å². The van der Waals surface area contributed by atoms with E-state index in [1.165, 1.54) is 12.1 Å². The number of aliphatic hydroxyl groups is 1. The van der Waals surface area contributed by atoms with E-state index in [2.05, 4.69) is 10.3 Å². The third kappa shape index (κ3) is 4.47. The van der Waals surface area contributed by atoms with Gasteiger partial charge in [0, 0.05) is 30.4 Å². The Bertz CT molecular complexity index is 775. The SMILES string of the molecule is OC(Cc1ccc(-c2ccccc2)cn1)NCc1cccc(F)c1. The number of pyridine rings is 1. The molecular weight excluding hydrogens is 303 g/mol. The summed E-state index contributed by atoms with van der Waals surface area (Å²) in [7, 11) is 0. The van der Waals surface area contributed by atoms with Gasteiger partial charge in [-0.25, -0.2) is 4.39 Å². The summed E-state index contributed by atoms with van der Waals surface area (Å²) < 4.78 is 13.1. The van der Waals surface area contributed by atoms with Crippen LogP contribution in [-0.4, -0.2) is 16.3 Å². The maximum absolute atomic E-state index is 13.1. The molecule has 0 aliphatic heterocycles. The number of nitrogens with one attached hydrogen (secondary N) is 1. The van der Waals surface area contributed by atoms with E-state index in [0.29, 0.717) is 13.0 Å². The van der Waals surface area contributed by atoms with Crippen LogP contribution in [0.4, 0.5) is 4.39 Å². The van der Waals surface area contributed by atoms with Crippen LogP contribution >= 0.6 is 0 Å². The summed E-state index contributed by atoms with van der Waals surface area (Å²) in [6.07, 6.45) is 1.47. The zero-order valence-electron chi connectivity index (χ0n) is 13.2. The van der Waals surface area contributed by atoms with Crippen LogP contribution in [0.2, 0.25) is 0 Å². The molecule has 0 fully saturated rings. The molecule has 3 rings (SSSR count). The second kappa shape index (κ2) is 7.81. The number of benzene rings is 2. The Morgan fingerprint density at radius 3 is 2.50 bits per heavy atom. The monoisotopic (exact) mass is 322 g/mol. The fourth-order valence-electron chi connectivity index (χ4n) is 2.50. The lowest BCUT2D eigenvalue weighted by Gasteiger charge is -2.13. The highest BCUT2D eigenvalue weighted by Crippen LogP contribution is 2.18. The largest absolute Gasteiger partial charge is 0.378 e. The number of hydrogen-bond donors (Lipinski definition) is 2. The normalized spacial score (nSPS) is 12.1. The Balaban J connectivity index is 1.55. The van der Waals surface area contributed by atoms with Gasteiger partial charge in [0.15, 0.2) is 0 Å². The summed E-state index contributed by atoms with van der Waals surface area (Å²) in [6.45, 7) is 0.404. The summed E-state index contributed by atoms with van der Waals surface area (Å²) in [5, 5.41) is 13.0. The number of aliphatic hydroxyl groups excluding tert-OH is 1. The van der Waals surface area contributed by atoms with E-state index in [1.54, 1.807) is 6.07 Å². The molecule has 3 aromatic rings. The molecule has 2 N–H and O–H groups in total. The lowest BCUT2D eigenvalue weighted by atomic mass is 10.1. The third-order valence-electron chi connectivity index (χ3n) is 3.77. The first-order chi connectivity index (χ1) is 11.7. The van der Waals surface area contributed by atoms with Crippen molar-refractivity contribution in [2.45, 2.75) is 19.2 Å². The van der Waals surface area contributed by atoms with Crippen LogP contribution in [0.25, 0.3) is 11.1 Å². The van der Waals surface area contributed by atoms with Crippen LogP contribution in [0.15, 0.2) is 72.9 Å². The number of aromatic nitrogens is 1. The molecule has 0 aliphatic carbocycles. The molecule has 122 valence electrons. The lowest BCUT2D eigenvalue weighted by molar-refractivity contribution is 0.134. The molecule has 1 aromatic heterocycles. The Morgan fingerprint density at radius 2 is 1.79 bits per heavy atom. The molecule has 0 aliphatic rings. The first-order valence-corrected chi connectivity index (χ1v) is 7.87. The Labute approximate surface area is 140 Å². The first-order valence-electron chi connectivity index (χ1n) is 7.87. The van der Waals surface area contributed by atoms with Gasteiger partial charge >= 0.3 is 0 Å². The summed E-state index contributed by atoms with van der Waals surface area (Å²) in [6, 6.07) is 20.3. The average molecular weight is 322 g/mol. The van der Waals surface area contributed by atoms with Gasteiger partial charge in [-0.1, -0.05) is 48.5 Å². The molecule has 0 bridgehead atoms. The van der Waals surface area contributed by atoms with Crippen molar-refractivity contribution in [2.75, 3.05) is 0 Å². The second-order valence-corrected chi connectivity index (χ2v) is 5.63. The van der Waals surface area contributed by atoms with E-state index >= 15 is 0 Å². The fourth-order valence-corrected chi connectivity index (χ4v) is 2.50. The molecule has 0 saturated carbocycles. The smallest absolute Gasteiger partial charge is 0.123 e. The van der Waals surface area contributed by atoms with Gasteiger partial charge in [-0.05, 0) is 29.3 Å². The van der Waals surface area contributed by atoms with Crippen LogP contribution in [0.5, 0.6) is 0 Å². The number of nitrogens with zero attached hydrogens (tertiary/aromatic N) is 1. The molecule has 0 spiro atoms. The van der Waals surface area contributed by atoms with Crippen molar-refractivity contribution in [1.82, 2.24) is 10.3 Å². The zero-order valence-corrected chi connectivity index (χ0v) is 13.2. The van der Waals surface area contributed by atoms with Crippen LogP contribution < -0.4 is 5.32 Å². The second-order valence-electron chi connectivity index (χ2n) is 5.63. The maximum atomic E-state index is 13.1. The summed E-state index contributed by atoms with van der Waals surface area (Å²) in [4.78, 5) is 4.40. The molecule has 4 heteroatoms. The quantitative estimate of drug-likeness (QED) is 0.682. The van der Waals surface area contributed by atoms with E-state index in [-0.39, 0.29) is 5.82 Å². The molecule has 1 heterocycles. The van der Waals surface area contributed by atoms with Gasteiger partial charge in [0.25, 0.3) is 0 Å². The minimum absolute atomic E-state index is 0.276. The first kappa shape index (κ1) is 16.3. The van der Waals surface area contributed by atoms with Gasteiger partial charge in [0.05, 0.1) is 0 Å². The zero-order chi connectivity index (χ0) is 16.8. The highest BCUT2D eigenvalue weighted by molar-refractivity contribution is 5.62. The highest BCUT2D eigenvalue weighted by atomic mass is 19.1. The minimum Gasteiger partial charge on any atom is -0.378 e. The molecule has 0 radical (unpaired) electrons. The van der Waals surface area contributed by atoms with Crippen LogP contribution in [0.3, 0.4) is 0 Å². The molecule has 2 aromatic carbocycles. The van der Waals surface area contributed by atoms with E-state index in [4.69, 9.17) is 0 Å². The molecule has 24 heavy (non-hydrogen) atoms. The van der Waals surface area contributed by atoms with E-state index in [0.717, 1.165) is 22.4 Å². The number of rotatable bonds is 6. The number of halogens is 1. The molecular formula is C20H19FN2O.